The van der Waals surface area contributed by atoms with Crippen LogP contribution >= 0.6 is 0 Å². The third-order valence-corrected chi connectivity index (χ3v) is 1.98. The monoisotopic (exact) mass is 223 g/mol. The maximum atomic E-state index is 11.6. The minimum Gasteiger partial charge on any atom is -0.434 e. The minimum absolute atomic E-state index is 0.110. The van der Waals surface area contributed by atoms with Crippen LogP contribution in [0.15, 0.2) is 12.5 Å². The Morgan fingerprint density at radius 3 is 3.19 bits per heavy atom. The summed E-state index contributed by atoms with van der Waals surface area (Å²) in [5.41, 5.74) is 5.28. The van der Waals surface area contributed by atoms with Crippen LogP contribution in [0.25, 0.3) is 0 Å². The highest BCUT2D eigenvalue weighted by Gasteiger charge is 2.26. The second-order valence-electron chi connectivity index (χ2n) is 3.08. The topological polar surface area (TPSA) is 119 Å². The lowest BCUT2D eigenvalue weighted by Gasteiger charge is -2.11. The van der Waals surface area contributed by atoms with E-state index in [-0.39, 0.29) is 6.54 Å². The van der Waals surface area contributed by atoms with E-state index >= 15 is 0 Å². The van der Waals surface area contributed by atoms with Gasteiger partial charge >= 0.3 is 6.09 Å². The maximum Gasteiger partial charge on any atom is 0.405 e. The van der Waals surface area contributed by atoms with E-state index in [4.69, 9.17) is 5.73 Å². The van der Waals surface area contributed by atoms with Gasteiger partial charge in [-0.2, -0.15) is 0 Å². The number of aromatic nitrogens is 2. The first-order chi connectivity index (χ1) is 7.66. The summed E-state index contributed by atoms with van der Waals surface area (Å²) in [4.78, 5) is 29.8. The summed E-state index contributed by atoms with van der Waals surface area (Å²) in [7, 11) is 0. The first-order valence-corrected chi connectivity index (χ1v) is 4.47. The van der Waals surface area contributed by atoms with Gasteiger partial charge in [-0.1, -0.05) is 0 Å². The van der Waals surface area contributed by atoms with Gasteiger partial charge in [0.15, 0.2) is 11.9 Å². The molecule has 0 saturated heterocycles. The lowest BCUT2D eigenvalue weighted by atomic mass is 10.3. The predicted molar refractivity (Wildman–Crippen MR) is 53.6 cm³/mol. The van der Waals surface area contributed by atoms with E-state index in [1.54, 1.807) is 0 Å². The summed E-state index contributed by atoms with van der Waals surface area (Å²) in [5, 5.41) is 5.36. The molecule has 1 atom stereocenters. The summed E-state index contributed by atoms with van der Waals surface area (Å²) in [5.74, 6) is -0.00114. The predicted octanol–water partition coefficient (Wildman–Crippen LogP) is -0.696. The lowest BCUT2D eigenvalue weighted by molar-refractivity contribution is -0.123. The molecule has 1 aromatic rings. The van der Waals surface area contributed by atoms with Crippen LogP contribution in [0.5, 0.6) is 0 Å². The Labute approximate surface area is 90.2 Å². The molecule has 2 amide bonds. The highest BCUT2D eigenvalue weighted by molar-refractivity contribution is 5.98. The molecule has 8 nitrogen and oxygen atoms in total. The van der Waals surface area contributed by atoms with Gasteiger partial charge in [-0.3, -0.25) is 4.79 Å². The zero-order valence-corrected chi connectivity index (χ0v) is 8.14. The number of carbonyl (C=O) groups excluding carboxylic acids is 2. The molecule has 16 heavy (non-hydrogen) atoms. The number of amides is 2. The van der Waals surface area contributed by atoms with Gasteiger partial charge < -0.3 is 21.1 Å². The van der Waals surface area contributed by atoms with Crippen LogP contribution in [0.2, 0.25) is 0 Å². The second-order valence-corrected chi connectivity index (χ2v) is 3.08. The first kappa shape index (κ1) is 10.1. The summed E-state index contributed by atoms with van der Waals surface area (Å²) >= 11 is 0. The average Bonchev–Trinajstić information content (AvgIpc) is 2.39. The van der Waals surface area contributed by atoms with Gasteiger partial charge in [-0.05, 0) is 0 Å². The minimum atomic E-state index is -1.00. The Bertz CT molecular complexity index is 435. The lowest BCUT2D eigenvalue weighted by Crippen LogP contribution is -2.37. The number of nitrogens with one attached hydrogen (secondary N) is 2. The Balaban J connectivity index is 2.18. The van der Waals surface area contributed by atoms with Crippen molar-refractivity contribution in [2.45, 2.75) is 6.10 Å². The third-order valence-electron chi connectivity index (χ3n) is 1.98. The molecule has 0 bridgehead atoms. The number of hydrogen-bond acceptors (Lipinski definition) is 6. The zero-order valence-electron chi connectivity index (χ0n) is 8.14. The summed E-state index contributed by atoms with van der Waals surface area (Å²) in [6, 6.07) is 0. The molecule has 0 radical (unpaired) electrons. The van der Waals surface area contributed by atoms with Gasteiger partial charge in [0.2, 0.25) is 0 Å². The molecule has 0 aromatic carbocycles. The van der Waals surface area contributed by atoms with Crippen LogP contribution < -0.4 is 16.4 Å². The molecular weight excluding hydrogens is 214 g/mol. The Morgan fingerprint density at radius 1 is 1.62 bits per heavy atom. The van der Waals surface area contributed by atoms with E-state index in [0.717, 1.165) is 0 Å². The fourth-order valence-electron chi connectivity index (χ4n) is 1.29. The Hall–Kier alpha value is -2.38. The summed E-state index contributed by atoms with van der Waals surface area (Å²) < 4.78 is 4.63. The SMILES string of the molecule is NC(=O)OC1CNc2ncncc2NC1=O. The van der Waals surface area contributed by atoms with Crippen molar-refractivity contribution in [1.82, 2.24) is 9.97 Å². The van der Waals surface area contributed by atoms with E-state index in [0.29, 0.717) is 11.5 Å². The molecule has 1 aliphatic rings. The molecule has 2 heterocycles. The highest BCUT2D eigenvalue weighted by atomic mass is 16.6. The van der Waals surface area contributed by atoms with E-state index in [1.807, 2.05) is 0 Å². The van der Waals surface area contributed by atoms with Crippen LogP contribution in [-0.2, 0) is 9.53 Å². The van der Waals surface area contributed by atoms with Gasteiger partial charge in [-0.25, -0.2) is 14.8 Å². The first-order valence-electron chi connectivity index (χ1n) is 4.47. The number of hydrogen-bond donors (Lipinski definition) is 3. The van der Waals surface area contributed by atoms with E-state index in [1.165, 1.54) is 12.5 Å². The molecule has 1 aromatic heterocycles. The molecule has 4 N–H and O–H groups in total. The number of anilines is 2. The van der Waals surface area contributed by atoms with Crippen LogP contribution in [-0.4, -0.2) is 34.6 Å². The number of rotatable bonds is 1. The third kappa shape index (κ3) is 2.00. The van der Waals surface area contributed by atoms with Crippen molar-refractivity contribution in [3.8, 4) is 0 Å². The second kappa shape index (κ2) is 4.01. The molecular formula is C8H9N5O3. The summed E-state index contributed by atoms with van der Waals surface area (Å²) in [6.07, 6.45) is 0.804. The summed E-state index contributed by atoms with van der Waals surface area (Å²) in [6.45, 7) is 0.110. The quantitative estimate of drug-likeness (QED) is 0.579. The highest BCUT2D eigenvalue weighted by Crippen LogP contribution is 2.19. The average molecular weight is 223 g/mol. The number of nitrogens with zero attached hydrogens (tertiary/aromatic N) is 2. The van der Waals surface area contributed by atoms with Crippen LogP contribution in [0.1, 0.15) is 0 Å². The molecule has 0 spiro atoms. The molecule has 0 fully saturated rings. The normalized spacial score (nSPS) is 18.8. The van der Waals surface area contributed by atoms with Crippen LogP contribution in [0.3, 0.4) is 0 Å². The standard InChI is InChI=1S/C8H9N5O3/c9-8(15)16-5-2-11-6-4(13-7(5)14)1-10-3-12-6/h1,3,5H,2H2,(H2,9,15)(H,13,14)(H,10,11,12). The molecule has 2 rings (SSSR count). The van der Waals surface area contributed by atoms with Crippen molar-refractivity contribution >= 4 is 23.5 Å². The zero-order chi connectivity index (χ0) is 11.5. The molecule has 8 heteroatoms. The van der Waals surface area contributed by atoms with E-state index < -0.39 is 18.1 Å². The maximum absolute atomic E-state index is 11.6. The van der Waals surface area contributed by atoms with Crippen molar-refractivity contribution in [3.05, 3.63) is 12.5 Å². The van der Waals surface area contributed by atoms with Gasteiger partial charge in [0.25, 0.3) is 5.91 Å². The van der Waals surface area contributed by atoms with Crippen molar-refractivity contribution in [2.75, 3.05) is 17.2 Å². The number of nitrogens with two attached hydrogens (primary N) is 1. The van der Waals surface area contributed by atoms with Crippen molar-refractivity contribution < 1.29 is 14.3 Å². The number of primary amides is 1. The largest absolute Gasteiger partial charge is 0.434 e. The van der Waals surface area contributed by atoms with E-state index in [2.05, 4.69) is 25.3 Å². The van der Waals surface area contributed by atoms with Gasteiger partial charge in [0, 0.05) is 0 Å². The van der Waals surface area contributed by atoms with Crippen LogP contribution in [0, 0.1) is 0 Å². The molecule has 84 valence electrons. The molecule has 1 unspecified atom stereocenters. The van der Waals surface area contributed by atoms with Gasteiger partial charge in [-0.15, -0.1) is 0 Å². The smallest absolute Gasteiger partial charge is 0.405 e. The molecule has 1 aliphatic heterocycles. The number of carbonyl (C=O) groups is 2. The fraction of sp³-hybridized carbons (Fsp3) is 0.250. The number of ether oxygens (including phenoxy) is 1. The van der Waals surface area contributed by atoms with Gasteiger partial charge in [0.05, 0.1) is 12.7 Å². The van der Waals surface area contributed by atoms with Crippen molar-refractivity contribution in [2.24, 2.45) is 5.73 Å². The van der Waals surface area contributed by atoms with Gasteiger partial charge in [0.1, 0.15) is 12.0 Å². The molecule has 0 saturated carbocycles. The Kier molecular flexibility index (Phi) is 2.54. The van der Waals surface area contributed by atoms with E-state index in [9.17, 15) is 9.59 Å². The van der Waals surface area contributed by atoms with Crippen molar-refractivity contribution in [3.63, 3.8) is 0 Å². The fourth-order valence-corrected chi connectivity index (χ4v) is 1.29. The molecule has 0 aliphatic carbocycles. The van der Waals surface area contributed by atoms with Crippen molar-refractivity contribution in [1.29, 1.82) is 0 Å². The van der Waals surface area contributed by atoms with Crippen LogP contribution in [0.4, 0.5) is 16.3 Å². The number of fused-ring (bicyclic) bond motifs is 1. The Morgan fingerprint density at radius 2 is 2.44 bits per heavy atom.